The van der Waals surface area contributed by atoms with E-state index in [1.807, 2.05) is 6.92 Å². The summed E-state index contributed by atoms with van der Waals surface area (Å²) < 4.78 is 0. The minimum Gasteiger partial charge on any atom is -0.379 e. The van der Waals surface area contributed by atoms with E-state index in [0.29, 0.717) is 0 Å². The SMILES string of the molecule is CCCCCN(CCC)C(C)O. The van der Waals surface area contributed by atoms with Gasteiger partial charge < -0.3 is 5.11 Å². The number of unbranched alkanes of at least 4 members (excludes halogenated alkanes) is 2. The predicted octanol–water partition coefficient (Wildman–Crippen LogP) is 2.23. The smallest absolute Gasteiger partial charge is 0.104 e. The van der Waals surface area contributed by atoms with Gasteiger partial charge in [0.2, 0.25) is 0 Å². The van der Waals surface area contributed by atoms with E-state index in [9.17, 15) is 5.11 Å². The average Bonchev–Trinajstić information content (AvgIpc) is 2.03. The molecule has 0 aromatic rings. The molecule has 0 aromatic heterocycles. The number of aliphatic hydroxyl groups is 1. The summed E-state index contributed by atoms with van der Waals surface area (Å²) in [5.41, 5.74) is 0. The molecule has 2 nitrogen and oxygen atoms in total. The monoisotopic (exact) mass is 173 g/mol. The summed E-state index contributed by atoms with van der Waals surface area (Å²) in [6, 6.07) is 0. The molecule has 0 rings (SSSR count). The van der Waals surface area contributed by atoms with Gasteiger partial charge in [0.25, 0.3) is 0 Å². The Hall–Kier alpha value is -0.0800. The van der Waals surface area contributed by atoms with Gasteiger partial charge in [-0.2, -0.15) is 0 Å². The molecular formula is C10H23NO. The topological polar surface area (TPSA) is 23.5 Å². The van der Waals surface area contributed by atoms with Gasteiger partial charge >= 0.3 is 0 Å². The zero-order valence-electron chi connectivity index (χ0n) is 8.71. The van der Waals surface area contributed by atoms with Gasteiger partial charge in [0.1, 0.15) is 6.23 Å². The Balaban J connectivity index is 3.49. The van der Waals surface area contributed by atoms with Crippen molar-refractivity contribution in [2.75, 3.05) is 13.1 Å². The maximum Gasteiger partial charge on any atom is 0.104 e. The summed E-state index contributed by atoms with van der Waals surface area (Å²) in [5.74, 6) is 0. The Kier molecular flexibility index (Phi) is 7.51. The van der Waals surface area contributed by atoms with E-state index in [2.05, 4.69) is 18.7 Å². The highest BCUT2D eigenvalue weighted by Crippen LogP contribution is 2.02. The molecule has 0 bridgehead atoms. The first kappa shape index (κ1) is 11.9. The quantitative estimate of drug-likeness (QED) is 0.471. The van der Waals surface area contributed by atoms with Gasteiger partial charge in [0.05, 0.1) is 0 Å². The van der Waals surface area contributed by atoms with Crippen LogP contribution in [0.1, 0.15) is 46.5 Å². The van der Waals surface area contributed by atoms with Crippen LogP contribution >= 0.6 is 0 Å². The lowest BCUT2D eigenvalue weighted by Gasteiger charge is -2.24. The van der Waals surface area contributed by atoms with Crippen LogP contribution in [0.2, 0.25) is 0 Å². The van der Waals surface area contributed by atoms with E-state index < -0.39 is 0 Å². The third-order valence-electron chi connectivity index (χ3n) is 2.09. The third kappa shape index (κ3) is 5.56. The Labute approximate surface area is 76.6 Å². The first-order valence-corrected chi connectivity index (χ1v) is 5.14. The van der Waals surface area contributed by atoms with Crippen LogP contribution < -0.4 is 0 Å². The van der Waals surface area contributed by atoms with Crippen LogP contribution in [0, 0.1) is 0 Å². The number of hydrogen-bond acceptors (Lipinski definition) is 2. The molecule has 0 aromatic carbocycles. The molecule has 2 heteroatoms. The molecule has 0 radical (unpaired) electrons. The first-order chi connectivity index (χ1) is 5.72. The summed E-state index contributed by atoms with van der Waals surface area (Å²) in [4.78, 5) is 2.13. The molecule has 0 saturated heterocycles. The standard InChI is InChI=1S/C10H23NO/c1-4-6-7-9-11(8-5-2)10(3)12/h10,12H,4-9H2,1-3H3. The summed E-state index contributed by atoms with van der Waals surface area (Å²) in [6.45, 7) is 8.25. The Morgan fingerprint density at radius 2 is 1.75 bits per heavy atom. The molecule has 0 heterocycles. The Bertz CT molecular complexity index is 93.8. The summed E-state index contributed by atoms with van der Waals surface area (Å²) in [6.07, 6.45) is 4.58. The minimum atomic E-state index is -0.276. The van der Waals surface area contributed by atoms with Crippen LogP contribution in [0.3, 0.4) is 0 Å². The maximum absolute atomic E-state index is 9.37. The molecule has 0 aliphatic carbocycles. The summed E-state index contributed by atoms with van der Waals surface area (Å²) >= 11 is 0. The number of nitrogens with zero attached hydrogens (tertiary/aromatic N) is 1. The molecule has 0 fully saturated rings. The van der Waals surface area contributed by atoms with Crippen molar-refractivity contribution in [1.29, 1.82) is 0 Å². The second kappa shape index (κ2) is 7.56. The molecule has 0 amide bonds. The lowest BCUT2D eigenvalue weighted by molar-refractivity contribution is 0.0176. The van der Waals surface area contributed by atoms with Crippen LogP contribution in [-0.2, 0) is 0 Å². The molecule has 1 atom stereocenters. The van der Waals surface area contributed by atoms with Crippen LogP contribution in [-0.4, -0.2) is 29.3 Å². The van der Waals surface area contributed by atoms with Crippen molar-refractivity contribution in [3.05, 3.63) is 0 Å². The maximum atomic E-state index is 9.37. The van der Waals surface area contributed by atoms with Gasteiger partial charge in [-0.3, -0.25) is 4.90 Å². The molecule has 12 heavy (non-hydrogen) atoms. The zero-order valence-corrected chi connectivity index (χ0v) is 8.71. The number of aliphatic hydroxyl groups excluding tert-OH is 1. The predicted molar refractivity (Wildman–Crippen MR) is 53.1 cm³/mol. The molecule has 0 spiro atoms. The lowest BCUT2D eigenvalue weighted by atomic mass is 10.2. The van der Waals surface area contributed by atoms with Gasteiger partial charge in [0.15, 0.2) is 0 Å². The van der Waals surface area contributed by atoms with Gasteiger partial charge in [-0.15, -0.1) is 0 Å². The zero-order chi connectivity index (χ0) is 9.40. The number of hydrogen-bond donors (Lipinski definition) is 1. The highest BCUT2D eigenvalue weighted by molar-refractivity contribution is 4.57. The minimum absolute atomic E-state index is 0.276. The van der Waals surface area contributed by atoms with Crippen molar-refractivity contribution < 1.29 is 5.11 Å². The van der Waals surface area contributed by atoms with E-state index in [0.717, 1.165) is 19.5 Å². The molecule has 0 aliphatic heterocycles. The highest BCUT2D eigenvalue weighted by atomic mass is 16.3. The van der Waals surface area contributed by atoms with E-state index in [1.165, 1.54) is 19.3 Å². The Morgan fingerprint density at radius 3 is 2.17 bits per heavy atom. The fourth-order valence-corrected chi connectivity index (χ4v) is 1.34. The van der Waals surface area contributed by atoms with Gasteiger partial charge in [-0.05, 0) is 19.8 Å². The number of rotatable bonds is 7. The van der Waals surface area contributed by atoms with Crippen LogP contribution in [0.4, 0.5) is 0 Å². The average molecular weight is 173 g/mol. The van der Waals surface area contributed by atoms with E-state index >= 15 is 0 Å². The van der Waals surface area contributed by atoms with E-state index in [1.54, 1.807) is 0 Å². The second-order valence-electron chi connectivity index (χ2n) is 3.37. The van der Waals surface area contributed by atoms with Crippen molar-refractivity contribution in [2.45, 2.75) is 52.7 Å². The van der Waals surface area contributed by atoms with Crippen molar-refractivity contribution in [3.8, 4) is 0 Å². The molecule has 0 saturated carbocycles. The lowest BCUT2D eigenvalue weighted by Crippen LogP contribution is -2.34. The first-order valence-electron chi connectivity index (χ1n) is 5.14. The highest BCUT2D eigenvalue weighted by Gasteiger charge is 2.07. The largest absolute Gasteiger partial charge is 0.379 e. The van der Waals surface area contributed by atoms with Crippen molar-refractivity contribution in [2.24, 2.45) is 0 Å². The molecule has 74 valence electrons. The van der Waals surface area contributed by atoms with Gasteiger partial charge in [0, 0.05) is 13.1 Å². The molecule has 1 N–H and O–H groups in total. The van der Waals surface area contributed by atoms with E-state index in [-0.39, 0.29) is 6.23 Å². The second-order valence-corrected chi connectivity index (χ2v) is 3.37. The van der Waals surface area contributed by atoms with Gasteiger partial charge in [-0.25, -0.2) is 0 Å². The Morgan fingerprint density at radius 1 is 1.08 bits per heavy atom. The summed E-state index contributed by atoms with van der Waals surface area (Å²) in [7, 11) is 0. The van der Waals surface area contributed by atoms with Crippen LogP contribution in [0.5, 0.6) is 0 Å². The normalized spacial score (nSPS) is 13.8. The fourth-order valence-electron chi connectivity index (χ4n) is 1.34. The van der Waals surface area contributed by atoms with Gasteiger partial charge in [-0.1, -0.05) is 26.7 Å². The van der Waals surface area contributed by atoms with Crippen LogP contribution in [0.25, 0.3) is 0 Å². The fraction of sp³-hybridized carbons (Fsp3) is 1.00. The van der Waals surface area contributed by atoms with Crippen molar-refractivity contribution >= 4 is 0 Å². The van der Waals surface area contributed by atoms with Crippen molar-refractivity contribution in [3.63, 3.8) is 0 Å². The third-order valence-corrected chi connectivity index (χ3v) is 2.09. The van der Waals surface area contributed by atoms with E-state index in [4.69, 9.17) is 0 Å². The molecular weight excluding hydrogens is 150 g/mol. The molecule has 1 unspecified atom stereocenters. The molecule has 0 aliphatic rings. The van der Waals surface area contributed by atoms with Crippen molar-refractivity contribution in [1.82, 2.24) is 4.90 Å². The summed E-state index contributed by atoms with van der Waals surface area (Å²) in [5, 5.41) is 9.37. The van der Waals surface area contributed by atoms with Crippen LogP contribution in [0.15, 0.2) is 0 Å².